The Labute approximate surface area is 114 Å². The number of sulfone groups is 1. The second-order valence-corrected chi connectivity index (χ2v) is 6.77. The summed E-state index contributed by atoms with van der Waals surface area (Å²) in [6.45, 7) is 5.84. The Hall–Kier alpha value is -1.11. The number of hydrogen-bond acceptors (Lipinski definition) is 5. The van der Waals surface area contributed by atoms with E-state index >= 15 is 0 Å². The Kier molecular flexibility index (Phi) is 4.79. The first-order valence-electron chi connectivity index (χ1n) is 6.53. The fourth-order valence-corrected chi connectivity index (χ4v) is 3.08. The molecular weight excluding hydrogens is 262 g/mol. The number of nitrogens with zero attached hydrogens (tertiary/aromatic N) is 1. The van der Waals surface area contributed by atoms with Gasteiger partial charge < -0.3 is 10.6 Å². The molecule has 1 heterocycles. The van der Waals surface area contributed by atoms with Crippen molar-refractivity contribution in [2.24, 2.45) is 0 Å². The second kappa shape index (κ2) is 6.36. The van der Waals surface area contributed by atoms with Crippen LogP contribution >= 0.6 is 0 Å². The lowest BCUT2D eigenvalue weighted by molar-refractivity contribution is 0.249. The zero-order chi connectivity index (χ0) is 13.7. The summed E-state index contributed by atoms with van der Waals surface area (Å²) < 4.78 is 23.3. The van der Waals surface area contributed by atoms with Crippen molar-refractivity contribution in [2.45, 2.75) is 4.90 Å². The molecule has 0 amide bonds. The molecule has 0 aromatic heterocycles. The van der Waals surface area contributed by atoms with E-state index in [1.807, 2.05) is 12.1 Å². The highest BCUT2D eigenvalue weighted by Gasteiger charge is 2.13. The molecule has 0 atom stereocenters. The van der Waals surface area contributed by atoms with Crippen molar-refractivity contribution in [2.75, 3.05) is 50.8 Å². The predicted octanol–water partition coefficient (Wildman–Crippen LogP) is 0.407. The van der Waals surface area contributed by atoms with Crippen LogP contribution in [0, 0.1) is 0 Å². The van der Waals surface area contributed by atoms with E-state index in [4.69, 9.17) is 0 Å². The van der Waals surface area contributed by atoms with Gasteiger partial charge in [-0.15, -0.1) is 0 Å². The van der Waals surface area contributed by atoms with Gasteiger partial charge in [0.05, 0.1) is 10.6 Å². The largest absolute Gasteiger partial charge is 0.383 e. The quantitative estimate of drug-likeness (QED) is 0.819. The summed E-state index contributed by atoms with van der Waals surface area (Å²) in [6.07, 6.45) is 1.24. The summed E-state index contributed by atoms with van der Waals surface area (Å²) in [5.41, 5.74) is 0.695. The third kappa shape index (κ3) is 4.19. The van der Waals surface area contributed by atoms with Crippen molar-refractivity contribution in [1.29, 1.82) is 0 Å². The van der Waals surface area contributed by atoms with Crippen LogP contribution in [0.15, 0.2) is 29.2 Å². The molecule has 0 aliphatic carbocycles. The highest BCUT2D eigenvalue weighted by molar-refractivity contribution is 7.90. The Morgan fingerprint density at radius 3 is 2.63 bits per heavy atom. The average molecular weight is 283 g/mol. The maximum absolute atomic E-state index is 11.7. The topological polar surface area (TPSA) is 61.4 Å². The van der Waals surface area contributed by atoms with Gasteiger partial charge in [0.1, 0.15) is 0 Å². The van der Waals surface area contributed by atoms with Gasteiger partial charge in [-0.3, -0.25) is 4.90 Å². The molecule has 5 nitrogen and oxygen atoms in total. The SMILES string of the molecule is CS(=O)(=O)c1ccccc1NCCN1CCNCC1. The van der Waals surface area contributed by atoms with E-state index < -0.39 is 9.84 Å². The van der Waals surface area contributed by atoms with E-state index in [2.05, 4.69) is 15.5 Å². The third-order valence-corrected chi connectivity index (χ3v) is 4.39. The molecule has 1 aromatic rings. The monoisotopic (exact) mass is 283 g/mol. The van der Waals surface area contributed by atoms with Crippen molar-refractivity contribution in [1.82, 2.24) is 10.2 Å². The third-order valence-electron chi connectivity index (χ3n) is 3.24. The molecule has 1 aliphatic heterocycles. The van der Waals surface area contributed by atoms with Crippen molar-refractivity contribution in [3.63, 3.8) is 0 Å². The van der Waals surface area contributed by atoms with Gasteiger partial charge in [-0.05, 0) is 12.1 Å². The van der Waals surface area contributed by atoms with Crippen LogP contribution < -0.4 is 10.6 Å². The molecule has 0 radical (unpaired) electrons. The van der Waals surface area contributed by atoms with Crippen molar-refractivity contribution < 1.29 is 8.42 Å². The lowest BCUT2D eigenvalue weighted by Gasteiger charge is -2.27. The van der Waals surface area contributed by atoms with Crippen LogP contribution in [0.4, 0.5) is 5.69 Å². The number of benzene rings is 1. The van der Waals surface area contributed by atoms with Crippen LogP contribution in [0.25, 0.3) is 0 Å². The van der Waals surface area contributed by atoms with Gasteiger partial charge in [-0.25, -0.2) is 8.42 Å². The normalized spacial score (nSPS) is 17.3. The molecule has 6 heteroatoms. The predicted molar refractivity (Wildman–Crippen MR) is 77.4 cm³/mol. The summed E-state index contributed by atoms with van der Waals surface area (Å²) >= 11 is 0. The van der Waals surface area contributed by atoms with Crippen molar-refractivity contribution >= 4 is 15.5 Å². The summed E-state index contributed by atoms with van der Waals surface area (Å²) in [5, 5.41) is 6.54. The molecule has 1 saturated heterocycles. The highest BCUT2D eigenvalue weighted by atomic mass is 32.2. The molecule has 1 fully saturated rings. The number of piperazine rings is 1. The summed E-state index contributed by atoms with van der Waals surface area (Å²) in [7, 11) is -3.17. The molecule has 0 unspecified atom stereocenters. The molecule has 2 rings (SSSR count). The highest BCUT2D eigenvalue weighted by Crippen LogP contribution is 2.20. The van der Waals surface area contributed by atoms with E-state index in [0.29, 0.717) is 10.6 Å². The van der Waals surface area contributed by atoms with E-state index in [9.17, 15) is 8.42 Å². The van der Waals surface area contributed by atoms with Gasteiger partial charge in [0, 0.05) is 45.5 Å². The van der Waals surface area contributed by atoms with Gasteiger partial charge in [0.25, 0.3) is 0 Å². The van der Waals surface area contributed by atoms with E-state index in [-0.39, 0.29) is 0 Å². The zero-order valence-corrected chi connectivity index (χ0v) is 12.0. The molecule has 1 aliphatic rings. The Morgan fingerprint density at radius 1 is 1.26 bits per heavy atom. The minimum Gasteiger partial charge on any atom is -0.383 e. The number of rotatable bonds is 5. The standard InChI is InChI=1S/C13H21N3O2S/c1-19(17,18)13-5-3-2-4-12(13)15-8-11-16-9-6-14-7-10-16/h2-5,14-15H,6-11H2,1H3. The number of para-hydroxylation sites is 1. The van der Waals surface area contributed by atoms with E-state index in [1.165, 1.54) is 6.26 Å². The summed E-state index contributed by atoms with van der Waals surface area (Å²) in [5.74, 6) is 0. The van der Waals surface area contributed by atoms with Crippen LogP contribution in [0.5, 0.6) is 0 Å². The van der Waals surface area contributed by atoms with Gasteiger partial charge >= 0.3 is 0 Å². The maximum atomic E-state index is 11.7. The molecule has 1 aromatic carbocycles. The van der Waals surface area contributed by atoms with Crippen LogP contribution in [0.2, 0.25) is 0 Å². The number of nitrogens with one attached hydrogen (secondary N) is 2. The molecule has 2 N–H and O–H groups in total. The van der Waals surface area contributed by atoms with Crippen molar-refractivity contribution in [3.8, 4) is 0 Å². The van der Waals surface area contributed by atoms with Crippen LogP contribution in [-0.2, 0) is 9.84 Å². The fourth-order valence-electron chi connectivity index (χ4n) is 2.22. The van der Waals surface area contributed by atoms with Gasteiger partial charge in [0.2, 0.25) is 0 Å². The minimum absolute atomic E-state index is 0.371. The first kappa shape index (κ1) is 14.3. The lowest BCUT2D eigenvalue weighted by atomic mass is 10.3. The Bertz CT molecular complexity index is 510. The zero-order valence-electron chi connectivity index (χ0n) is 11.2. The summed E-state index contributed by atoms with van der Waals surface area (Å²) in [6, 6.07) is 7.05. The minimum atomic E-state index is -3.17. The molecule has 106 valence electrons. The molecular formula is C13H21N3O2S. The number of hydrogen-bond donors (Lipinski definition) is 2. The van der Waals surface area contributed by atoms with Crippen molar-refractivity contribution in [3.05, 3.63) is 24.3 Å². The molecule has 0 saturated carbocycles. The lowest BCUT2D eigenvalue weighted by Crippen LogP contribution is -2.45. The Balaban J connectivity index is 1.92. The van der Waals surface area contributed by atoms with Gasteiger partial charge in [0.15, 0.2) is 9.84 Å². The first-order chi connectivity index (χ1) is 9.07. The maximum Gasteiger partial charge on any atom is 0.177 e. The van der Waals surface area contributed by atoms with Crippen LogP contribution in [0.3, 0.4) is 0 Å². The molecule has 19 heavy (non-hydrogen) atoms. The average Bonchev–Trinajstić information content (AvgIpc) is 2.39. The smallest absolute Gasteiger partial charge is 0.177 e. The first-order valence-corrected chi connectivity index (χ1v) is 8.42. The van der Waals surface area contributed by atoms with E-state index in [0.717, 1.165) is 39.3 Å². The van der Waals surface area contributed by atoms with Crippen LogP contribution in [0.1, 0.15) is 0 Å². The van der Waals surface area contributed by atoms with Crippen LogP contribution in [-0.4, -0.2) is 58.8 Å². The molecule has 0 bridgehead atoms. The van der Waals surface area contributed by atoms with Gasteiger partial charge in [-0.1, -0.05) is 12.1 Å². The summed E-state index contributed by atoms with van der Waals surface area (Å²) in [4.78, 5) is 2.74. The Morgan fingerprint density at radius 2 is 1.95 bits per heavy atom. The molecule has 0 spiro atoms. The van der Waals surface area contributed by atoms with E-state index in [1.54, 1.807) is 12.1 Å². The second-order valence-electron chi connectivity index (χ2n) is 4.79. The fraction of sp³-hybridized carbons (Fsp3) is 0.538. The van der Waals surface area contributed by atoms with Gasteiger partial charge in [-0.2, -0.15) is 0 Å². The number of anilines is 1.